The zero-order chi connectivity index (χ0) is 8.27. The Labute approximate surface area is 64.0 Å². The summed E-state index contributed by atoms with van der Waals surface area (Å²) in [4.78, 5) is 10.3. The first-order valence-electron chi connectivity index (χ1n) is 3.76. The Morgan fingerprint density at radius 3 is 2.55 bits per heavy atom. The largest absolute Gasteiger partial charge is 0.351 e. The van der Waals surface area contributed by atoms with Crippen LogP contribution in [-0.4, -0.2) is 18.9 Å². The van der Waals surface area contributed by atoms with Gasteiger partial charge in [0.2, 0.25) is 0 Å². The second-order valence-corrected chi connectivity index (χ2v) is 2.84. The molecule has 0 radical (unpaired) electrons. The van der Waals surface area contributed by atoms with Gasteiger partial charge in [-0.2, -0.15) is 8.78 Å². The van der Waals surface area contributed by atoms with Crippen molar-refractivity contribution < 1.29 is 13.6 Å². The molecule has 2 nitrogen and oxygen atoms in total. The number of carbonyl (C=O) groups is 1. The molecule has 1 N–H and O–H groups in total. The molecule has 0 saturated heterocycles. The topological polar surface area (TPSA) is 29.1 Å². The van der Waals surface area contributed by atoms with Crippen LogP contribution in [0, 0.1) is 5.92 Å². The summed E-state index contributed by atoms with van der Waals surface area (Å²) in [6.07, 6.45) is 0.414. The fraction of sp³-hybridized carbons (Fsp3) is 0.857. The van der Waals surface area contributed by atoms with Gasteiger partial charge in [0.15, 0.2) is 0 Å². The molecule has 1 rings (SSSR count). The maximum absolute atomic E-state index is 11.6. The molecule has 0 aromatic heterocycles. The average Bonchev–Trinajstić information content (AvgIpc) is 1.83. The lowest BCUT2D eigenvalue weighted by Crippen LogP contribution is -2.35. The fourth-order valence-electron chi connectivity index (χ4n) is 1.02. The van der Waals surface area contributed by atoms with Gasteiger partial charge in [0.05, 0.1) is 0 Å². The number of carbonyl (C=O) groups excluding carboxylic acids is 1. The van der Waals surface area contributed by atoms with E-state index in [4.69, 9.17) is 0 Å². The highest BCUT2D eigenvalue weighted by molar-refractivity contribution is 5.79. The van der Waals surface area contributed by atoms with Crippen LogP contribution in [0.4, 0.5) is 8.78 Å². The van der Waals surface area contributed by atoms with E-state index in [1.807, 2.05) is 0 Å². The van der Waals surface area contributed by atoms with Crippen molar-refractivity contribution >= 4 is 5.91 Å². The highest BCUT2D eigenvalue weighted by Crippen LogP contribution is 2.25. The Morgan fingerprint density at radius 1 is 1.55 bits per heavy atom. The molecule has 0 heterocycles. The second kappa shape index (κ2) is 3.64. The Bertz CT molecular complexity index is 145. The molecule has 1 saturated carbocycles. The minimum Gasteiger partial charge on any atom is -0.351 e. The molecular weight excluding hydrogens is 152 g/mol. The molecule has 0 aromatic carbocycles. The normalized spacial score (nSPS) is 18.1. The van der Waals surface area contributed by atoms with Crippen molar-refractivity contribution in [1.29, 1.82) is 0 Å². The van der Waals surface area contributed by atoms with Gasteiger partial charge < -0.3 is 5.32 Å². The first kappa shape index (κ1) is 8.43. The van der Waals surface area contributed by atoms with Gasteiger partial charge in [0, 0.05) is 6.54 Å². The lowest BCUT2D eigenvalue weighted by Gasteiger charge is -2.25. The van der Waals surface area contributed by atoms with E-state index in [0.29, 0.717) is 12.5 Å². The quantitative estimate of drug-likeness (QED) is 0.664. The van der Waals surface area contributed by atoms with Crippen LogP contribution in [0.5, 0.6) is 0 Å². The molecule has 0 spiro atoms. The van der Waals surface area contributed by atoms with Crippen molar-refractivity contribution in [3.8, 4) is 0 Å². The summed E-state index contributed by atoms with van der Waals surface area (Å²) in [5.74, 6) is -0.699. The lowest BCUT2D eigenvalue weighted by atomic mass is 9.85. The van der Waals surface area contributed by atoms with Crippen LogP contribution in [0.25, 0.3) is 0 Å². The molecule has 1 aliphatic carbocycles. The van der Waals surface area contributed by atoms with Crippen LogP contribution in [0.1, 0.15) is 19.3 Å². The molecule has 1 amide bonds. The Morgan fingerprint density at radius 2 is 2.18 bits per heavy atom. The zero-order valence-electron chi connectivity index (χ0n) is 6.15. The molecule has 0 bridgehead atoms. The maximum atomic E-state index is 11.6. The van der Waals surface area contributed by atoms with E-state index in [1.165, 1.54) is 0 Å². The van der Waals surface area contributed by atoms with Gasteiger partial charge in [-0.3, -0.25) is 4.79 Å². The summed E-state index contributed by atoms with van der Waals surface area (Å²) < 4.78 is 23.2. The molecule has 0 unspecified atom stereocenters. The lowest BCUT2D eigenvalue weighted by molar-refractivity contribution is -0.132. The van der Waals surface area contributed by atoms with Crippen molar-refractivity contribution in [2.24, 2.45) is 5.92 Å². The standard InChI is InChI=1S/C7H11F2NO/c8-6(9)7(11)10-4-5-2-1-3-5/h5-6H,1-4H2,(H,10,11). The smallest absolute Gasteiger partial charge is 0.315 e. The maximum Gasteiger partial charge on any atom is 0.315 e. The summed E-state index contributed by atoms with van der Waals surface area (Å²) in [5, 5.41) is 2.20. The number of alkyl halides is 2. The van der Waals surface area contributed by atoms with Gasteiger partial charge in [0.25, 0.3) is 5.91 Å². The number of hydrogen-bond donors (Lipinski definition) is 1. The predicted octanol–water partition coefficient (Wildman–Crippen LogP) is 1.17. The molecule has 1 fully saturated rings. The van der Waals surface area contributed by atoms with E-state index in [1.54, 1.807) is 0 Å². The molecular formula is C7H11F2NO. The summed E-state index contributed by atoms with van der Waals surface area (Å²) in [7, 11) is 0. The first-order valence-corrected chi connectivity index (χ1v) is 3.76. The van der Waals surface area contributed by atoms with Crippen LogP contribution in [-0.2, 0) is 4.79 Å². The van der Waals surface area contributed by atoms with E-state index >= 15 is 0 Å². The van der Waals surface area contributed by atoms with Crippen molar-refractivity contribution in [2.45, 2.75) is 25.7 Å². The molecule has 0 aliphatic heterocycles. The van der Waals surface area contributed by atoms with E-state index in [9.17, 15) is 13.6 Å². The van der Waals surface area contributed by atoms with Crippen LogP contribution in [0.15, 0.2) is 0 Å². The highest BCUT2D eigenvalue weighted by atomic mass is 19.3. The van der Waals surface area contributed by atoms with E-state index < -0.39 is 12.3 Å². The Hall–Kier alpha value is -0.670. The van der Waals surface area contributed by atoms with Gasteiger partial charge in [-0.1, -0.05) is 6.42 Å². The summed E-state index contributed by atoms with van der Waals surface area (Å²) >= 11 is 0. The third-order valence-corrected chi connectivity index (χ3v) is 1.99. The molecule has 0 aromatic rings. The van der Waals surface area contributed by atoms with Crippen molar-refractivity contribution in [1.82, 2.24) is 5.32 Å². The highest BCUT2D eigenvalue weighted by Gasteiger charge is 2.20. The molecule has 11 heavy (non-hydrogen) atoms. The van der Waals surface area contributed by atoms with E-state index in [2.05, 4.69) is 5.32 Å². The number of rotatable bonds is 3. The van der Waals surface area contributed by atoms with Gasteiger partial charge in [-0.15, -0.1) is 0 Å². The Balaban J connectivity index is 2.06. The SMILES string of the molecule is O=C(NCC1CCC1)C(F)F. The average molecular weight is 163 g/mol. The van der Waals surface area contributed by atoms with Crippen LogP contribution >= 0.6 is 0 Å². The molecule has 64 valence electrons. The first-order chi connectivity index (χ1) is 5.20. The van der Waals surface area contributed by atoms with E-state index in [-0.39, 0.29) is 0 Å². The minimum atomic E-state index is -2.87. The van der Waals surface area contributed by atoms with Gasteiger partial charge >= 0.3 is 6.43 Å². The zero-order valence-corrected chi connectivity index (χ0v) is 6.15. The van der Waals surface area contributed by atoms with Gasteiger partial charge in [-0.05, 0) is 18.8 Å². The summed E-state index contributed by atoms with van der Waals surface area (Å²) in [6.45, 7) is 0.420. The van der Waals surface area contributed by atoms with Crippen molar-refractivity contribution in [2.75, 3.05) is 6.54 Å². The monoisotopic (exact) mass is 163 g/mol. The number of amides is 1. The molecule has 4 heteroatoms. The number of hydrogen-bond acceptors (Lipinski definition) is 1. The molecule has 0 atom stereocenters. The summed E-state index contributed by atoms with van der Waals surface area (Å²) in [5.41, 5.74) is 0. The summed E-state index contributed by atoms with van der Waals surface area (Å²) in [6, 6.07) is 0. The number of nitrogens with one attached hydrogen (secondary N) is 1. The van der Waals surface area contributed by atoms with Gasteiger partial charge in [0.1, 0.15) is 0 Å². The second-order valence-electron chi connectivity index (χ2n) is 2.84. The molecule has 1 aliphatic rings. The third-order valence-electron chi connectivity index (χ3n) is 1.99. The fourth-order valence-corrected chi connectivity index (χ4v) is 1.02. The predicted molar refractivity (Wildman–Crippen MR) is 36.4 cm³/mol. The van der Waals surface area contributed by atoms with Gasteiger partial charge in [-0.25, -0.2) is 0 Å². The third kappa shape index (κ3) is 2.44. The van der Waals surface area contributed by atoms with Crippen LogP contribution in [0.3, 0.4) is 0 Å². The van der Waals surface area contributed by atoms with E-state index in [0.717, 1.165) is 19.3 Å². The van der Waals surface area contributed by atoms with Crippen LogP contribution in [0.2, 0.25) is 0 Å². The Kier molecular flexibility index (Phi) is 2.79. The van der Waals surface area contributed by atoms with Crippen molar-refractivity contribution in [3.63, 3.8) is 0 Å². The number of halogens is 2. The van der Waals surface area contributed by atoms with Crippen molar-refractivity contribution in [3.05, 3.63) is 0 Å². The van der Waals surface area contributed by atoms with Crippen LogP contribution < -0.4 is 5.32 Å². The minimum absolute atomic E-state index is 0.420.